The molecule has 2 heterocycles. The second-order valence-electron chi connectivity index (χ2n) is 8.19. The minimum Gasteiger partial charge on any atom is -0.493 e. The van der Waals surface area contributed by atoms with Gasteiger partial charge in [-0.05, 0) is 55.5 Å². The van der Waals surface area contributed by atoms with E-state index in [0.29, 0.717) is 30.0 Å². The molecule has 3 aromatic rings. The Hall–Kier alpha value is -3.52. The summed E-state index contributed by atoms with van der Waals surface area (Å²) in [4.78, 5) is 8.95. The Morgan fingerprint density at radius 1 is 0.971 bits per heavy atom. The highest BCUT2D eigenvalue weighted by atomic mass is 16.5. The van der Waals surface area contributed by atoms with Gasteiger partial charge in [0.15, 0.2) is 11.5 Å². The molecular weight excluding hydrogens is 430 g/mol. The van der Waals surface area contributed by atoms with Crippen molar-refractivity contribution >= 4 is 23.1 Å². The average Bonchev–Trinajstić information content (AvgIpc) is 2.89. The van der Waals surface area contributed by atoms with Crippen LogP contribution in [0.3, 0.4) is 0 Å². The molecule has 0 spiro atoms. The van der Waals surface area contributed by atoms with Gasteiger partial charge in [0.1, 0.15) is 5.82 Å². The highest BCUT2D eigenvalue weighted by Gasteiger charge is 2.14. The number of para-hydroxylation sites is 1. The number of rotatable bonds is 12. The van der Waals surface area contributed by atoms with E-state index in [2.05, 4.69) is 38.1 Å². The van der Waals surface area contributed by atoms with Gasteiger partial charge in [-0.25, -0.2) is 4.98 Å². The minimum absolute atomic E-state index is 0.528. The molecule has 4 rings (SSSR count). The molecule has 34 heavy (non-hydrogen) atoms. The molecule has 0 unspecified atom stereocenters. The van der Waals surface area contributed by atoms with Gasteiger partial charge < -0.3 is 30.2 Å². The van der Waals surface area contributed by atoms with Crippen molar-refractivity contribution in [3.63, 3.8) is 0 Å². The number of hydrogen-bond acceptors (Lipinski definition) is 8. The van der Waals surface area contributed by atoms with Crippen LogP contribution in [0.25, 0.3) is 0 Å². The predicted molar refractivity (Wildman–Crippen MR) is 135 cm³/mol. The van der Waals surface area contributed by atoms with Gasteiger partial charge in [0.05, 0.1) is 13.7 Å². The second-order valence-corrected chi connectivity index (χ2v) is 8.19. The lowest BCUT2D eigenvalue weighted by molar-refractivity contribution is 0.0699. The average molecular weight is 464 g/mol. The monoisotopic (exact) mass is 463 g/mol. The normalized spacial score (nSPS) is 13.8. The third-order valence-corrected chi connectivity index (χ3v) is 5.67. The van der Waals surface area contributed by atoms with Gasteiger partial charge in [-0.3, -0.25) is 0 Å². The van der Waals surface area contributed by atoms with Crippen molar-refractivity contribution in [2.45, 2.75) is 19.3 Å². The Morgan fingerprint density at radius 3 is 2.65 bits per heavy atom. The lowest BCUT2D eigenvalue weighted by atomic mass is 10.0. The molecule has 2 aromatic carbocycles. The Morgan fingerprint density at radius 2 is 1.82 bits per heavy atom. The molecule has 8 heteroatoms. The summed E-state index contributed by atoms with van der Waals surface area (Å²) in [5, 5.41) is 10.1. The van der Waals surface area contributed by atoms with Crippen molar-refractivity contribution in [2.75, 3.05) is 56.0 Å². The van der Waals surface area contributed by atoms with Crippen molar-refractivity contribution < 1.29 is 14.2 Å². The maximum absolute atomic E-state index is 6.01. The van der Waals surface area contributed by atoms with Crippen LogP contribution in [0, 0.1) is 5.92 Å². The highest BCUT2D eigenvalue weighted by Crippen LogP contribution is 2.31. The largest absolute Gasteiger partial charge is 0.493 e. The van der Waals surface area contributed by atoms with Crippen LogP contribution in [0.4, 0.5) is 23.1 Å². The van der Waals surface area contributed by atoms with Crippen molar-refractivity contribution in [1.29, 1.82) is 0 Å². The molecule has 1 fully saturated rings. The van der Waals surface area contributed by atoms with Gasteiger partial charge in [0, 0.05) is 49.9 Å². The molecule has 1 aliphatic heterocycles. The van der Waals surface area contributed by atoms with Crippen molar-refractivity contribution in [3.8, 4) is 11.5 Å². The minimum atomic E-state index is 0.528. The molecule has 0 radical (unpaired) electrons. The smallest absolute Gasteiger partial charge is 0.229 e. The number of methoxy groups -OCH3 is 1. The van der Waals surface area contributed by atoms with E-state index in [1.807, 2.05) is 42.5 Å². The van der Waals surface area contributed by atoms with E-state index < -0.39 is 0 Å². The molecule has 0 amide bonds. The first-order valence-corrected chi connectivity index (χ1v) is 11.8. The predicted octanol–water partition coefficient (Wildman–Crippen LogP) is 4.95. The van der Waals surface area contributed by atoms with Crippen LogP contribution in [0.1, 0.15) is 19.3 Å². The summed E-state index contributed by atoms with van der Waals surface area (Å²) in [6.07, 6.45) is 4.78. The van der Waals surface area contributed by atoms with E-state index >= 15 is 0 Å². The van der Waals surface area contributed by atoms with Gasteiger partial charge in [-0.2, -0.15) is 4.98 Å². The van der Waals surface area contributed by atoms with Gasteiger partial charge in [-0.15, -0.1) is 0 Å². The zero-order chi connectivity index (χ0) is 23.4. The van der Waals surface area contributed by atoms with Gasteiger partial charge in [0.25, 0.3) is 0 Å². The summed E-state index contributed by atoms with van der Waals surface area (Å²) in [6, 6.07) is 17.8. The summed E-state index contributed by atoms with van der Waals surface area (Å²) in [5.74, 6) is 3.32. The fourth-order valence-electron chi connectivity index (χ4n) is 3.76. The molecule has 1 aromatic heterocycles. The van der Waals surface area contributed by atoms with Gasteiger partial charge >= 0.3 is 0 Å². The van der Waals surface area contributed by atoms with E-state index in [9.17, 15) is 0 Å². The number of hydrogen-bond donors (Lipinski definition) is 3. The maximum Gasteiger partial charge on any atom is 0.229 e. The standard InChI is InChI=1S/C26H33N5O3/c1-32-23-9-8-22(18-24(23)34-15-5-13-27-21-6-3-2-4-7-21)30-26-28-14-10-25(31-26)29-19-20-11-16-33-17-12-20/h2-4,6-10,14,18,20,27H,5,11-13,15-17,19H2,1H3,(H2,28,29,30,31). The first-order valence-electron chi connectivity index (χ1n) is 11.8. The van der Waals surface area contributed by atoms with Gasteiger partial charge in [-0.1, -0.05) is 18.2 Å². The fourth-order valence-corrected chi connectivity index (χ4v) is 3.76. The number of nitrogens with one attached hydrogen (secondary N) is 3. The molecule has 1 saturated heterocycles. The Labute approximate surface area is 201 Å². The zero-order valence-electron chi connectivity index (χ0n) is 19.6. The summed E-state index contributed by atoms with van der Waals surface area (Å²) < 4.78 is 16.9. The van der Waals surface area contributed by atoms with Gasteiger partial charge in [0.2, 0.25) is 5.95 Å². The lowest BCUT2D eigenvalue weighted by Gasteiger charge is -2.22. The van der Waals surface area contributed by atoms with Crippen LogP contribution in [0.2, 0.25) is 0 Å². The number of ether oxygens (including phenoxy) is 3. The number of aromatic nitrogens is 2. The van der Waals surface area contributed by atoms with E-state index in [4.69, 9.17) is 14.2 Å². The van der Waals surface area contributed by atoms with Crippen molar-refractivity contribution in [2.24, 2.45) is 5.92 Å². The number of nitrogens with zero attached hydrogens (tertiary/aromatic N) is 2. The molecule has 1 aliphatic rings. The second kappa shape index (κ2) is 12.6. The quantitative estimate of drug-likeness (QED) is 0.325. The van der Waals surface area contributed by atoms with E-state index in [-0.39, 0.29) is 0 Å². The molecule has 3 N–H and O–H groups in total. The van der Waals surface area contributed by atoms with Crippen LogP contribution >= 0.6 is 0 Å². The van der Waals surface area contributed by atoms with Crippen LogP contribution in [-0.2, 0) is 4.74 Å². The summed E-state index contributed by atoms with van der Waals surface area (Å²) in [7, 11) is 1.64. The topological polar surface area (TPSA) is 89.6 Å². The third kappa shape index (κ3) is 7.25. The van der Waals surface area contributed by atoms with Crippen molar-refractivity contribution in [1.82, 2.24) is 9.97 Å². The van der Waals surface area contributed by atoms with Crippen LogP contribution in [0.15, 0.2) is 60.8 Å². The zero-order valence-corrected chi connectivity index (χ0v) is 19.6. The summed E-state index contributed by atoms with van der Waals surface area (Å²) >= 11 is 0. The molecule has 0 aliphatic carbocycles. The lowest BCUT2D eigenvalue weighted by Crippen LogP contribution is -2.23. The Bertz CT molecular complexity index is 1010. The van der Waals surface area contributed by atoms with Crippen LogP contribution < -0.4 is 25.4 Å². The molecule has 0 atom stereocenters. The highest BCUT2D eigenvalue weighted by molar-refractivity contribution is 5.60. The summed E-state index contributed by atoms with van der Waals surface area (Å²) in [5.41, 5.74) is 1.94. The maximum atomic E-state index is 6.01. The molecule has 8 nitrogen and oxygen atoms in total. The van der Waals surface area contributed by atoms with E-state index in [0.717, 1.165) is 62.8 Å². The Balaban J connectivity index is 1.29. The first kappa shape index (κ1) is 23.6. The molecule has 0 saturated carbocycles. The Kier molecular flexibility index (Phi) is 8.79. The first-order chi connectivity index (χ1) is 16.8. The molecular formula is C26H33N5O3. The molecule has 0 bridgehead atoms. The third-order valence-electron chi connectivity index (χ3n) is 5.67. The van der Waals surface area contributed by atoms with E-state index in [1.165, 1.54) is 0 Å². The van der Waals surface area contributed by atoms with Crippen molar-refractivity contribution in [3.05, 3.63) is 60.8 Å². The summed E-state index contributed by atoms with van der Waals surface area (Å²) in [6.45, 7) is 3.97. The molecule has 180 valence electrons. The van der Waals surface area contributed by atoms with Crippen LogP contribution in [-0.4, -0.2) is 50.0 Å². The number of anilines is 4. The van der Waals surface area contributed by atoms with E-state index in [1.54, 1.807) is 13.3 Å². The fraction of sp³-hybridized carbons (Fsp3) is 0.385. The number of benzene rings is 2. The van der Waals surface area contributed by atoms with Crippen LogP contribution in [0.5, 0.6) is 11.5 Å². The SMILES string of the molecule is COc1ccc(Nc2nccc(NCC3CCOCC3)n2)cc1OCCCNc1ccccc1.